The number of carbonyl (C=O) groups excluding carboxylic acids is 1. The zero-order valence-corrected chi connectivity index (χ0v) is 16.0. The van der Waals surface area contributed by atoms with Crippen molar-refractivity contribution in [2.24, 2.45) is 5.92 Å². The van der Waals surface area contributed by atoms with Crippen molar-refractivity contribution < 1.29 is 19.4 Å². The highest BCUT2D eigenvalue weighted by atomic mass is 16.5. The fourth-order valence-corrected chi connectivity index (χ4v) is 3.54. The molecule has 1 aromatic heterocycles. The van der Waals surface area contributed by atoms with Crippen LogP contribution in [0.25, 0.3) is 16.9 Å². The molecule has 29 heavy (non-hydrogen) atoms. The van der Waals surface area contributed by atoms with Crippen LogP contribution in [0, 0.1) is 5.92 Å². The molecule has 0 radical (unpaired) electrons. The molecule has 0 saturated carbocycles. The van der Waals surface area contributed by atoms with Crippen LogP contribution in [0.1, 0.15) is 16.8 Å². The Balaban J connectivity index is 1.76. The van der Waals surface area contributed by atoms with E-state index < -0.39 is 11.9 Å². The van der Waals surface area contributed by atoms with Gasteiger partial charge >= 0.3 is 5.97 Å². The first-order valence-electron chi connectivity index (χ1n) is 9.38. The molecule has 1 unspecified atom stereocenters. The van der Waals surface area contributed by atoms with E-state index in [4.69, 9.17) is 4.74 Å². The number of benzene rings is 2. The van der Waals surface area contributed by atoms with Crippen LogP contribution < -0.4 is 4.74 Å². The van der Waals surface area contributed by atoms with Crippen LogP contribution in [0.3, 0.4) is 0 Å². The second-order valence-electron chi connectivity index (χ2n) is 6.98. The van der Waals surface area contributed by atoms with Gasteiger partial charge in [0.25, 0.3) is 5.91 Å². The molecule has 1 fully saturated rings. The Kier molecular flexibility index (Phi) is 5.03. The average molecular weight is 391 g/mol. The summed E-state index contributed by atoms with van der Waals surface area (Å²) in [5.41, 5.74) is 2.57. The lowest BCUT2D eigenvalue weighted by atomic mass is 10.1. The number of para-hydroxylation sites is 1. The predicted octanol–water partition coefficient (Wildman–Crippen LogP) is 3.09. The molecule has 7 heteroatoms. The lowest BCUT2D eigenvalue weighted by molar-refractivity contribution is -0.141. The molecular formula is C22H21N3O4. The first-order chi connectivity index (χ1) is 14.1. The van der Waals surface area contributed by atoms with Gasteiger partial charge in [0.05, 0.1) is 24.3 Å². The minimum absolute atomic E-state index is 0.211. The van der Waals surface area contributed by atoms with Crippen molar-refractivity contribution in [3.05, 3.63) is 66.4 Å². The summed E-state index contributed by atoms with van der Waals surface area (Å²) in [7, 11) is 1.59. The molecule has 0 bridgehead atoms. The van der Waals surface area contributed by atoms with Gasteiger partial charge in [-0.2, -0.15) is 5.10 Å². The van der Waals surface area contributed by atoms with Crippen molar-refractivity contribution in [2.75, 3.05) is 20.2 Å². The molecule has 4 rings (SSSR count). The molecular weight excluding hydrogens is 370 g/mol. The zero-order valence-electron chi connectivity index (χ0n) is 16.0. The van der Waals surface area contributed by atoms with Crippen molar-refractivity contribution in [3.63, 3.8) is 0 Å². The lowest BCUT2D eigenvalue weighted by Gasteiger charge is -2.15. The molecule has 1 aliphatic rings. The van der Waals surface area contributed by atoms with Crippen LogP contribution in [0.4, 0.5) is 0 Å². The minimum atomic E-state index is -0.867. The largest absolute Gasteiger partial charge is 0.497 e. The van der Waals surface area contributed by atoms with Crippen LogP contribution in [-0.2, 0) is 4.79 Å². The van der Waals surface area contributed by atoms with Crippen molar-refractivity contribution in [1.82, 2.24) is 14.7 Å². The molecule has 1 N–H and O–H groups in total. The normalized spacial score (nSPS) is 16.0. The SMILES string of the molecule is COc1cccc(-c2nn(-c3ccccc3)cc2C(=O)N2CCC(C(=O)O)C2)c1. The van der Waals surface area contributed by atoms with E-state index in [1.54, 1.807) is 22.9 Å². The van der Waals surface area contributed by atoms with Crippen LogP contribution >= 0.6 is 0 Å². The number of likely N-dealkylation sites (tertiary alicyclic amines) is 1. The fraction of sp³-hybridized carbons (Fsp3) is 0.227. The Morgan fingerprint density at radius 2 is 1.93 bits per heavy atom. The number of rotatable bonds is 5. The number of hydrogen-bond acceptors (Lipinski definition) is 4. The van der Waals surface area contributed by atoms with E-state index >= 15 is 0 Å². The zero-order chi connectivity index (χ0) is 20.4. The number of carboxylic acid groups (broad SMARTS) is 1. The molecule has 1 saturated heterocycles. The summed E-state index contributed by atoms with van der Waals surface area (Å²) >= 11 is 0. The van der Waals surface area contributed by atoms with Gasteiger partial charge in [-0.05, 0) is 30.7 Å². The summed E-state index contributed by atoms with van der Waals surface area (Å²) in [6.07, 6.45) is 2.17. The quantitative estimate of drug-likeness (QED) is 0.722. The smallest absolute Gasteiger partial charge is 0.308 e. The average Bonchev–Trinajstić information content (AvgIpc) is 3.42. The molecule has 3 aromatic rings. The number of nitrogens with zero attached hydrogens (tertiary/aromatic N) is 3. The summed E-state index contributed by atoms with van der Waals surface area (Å²) < 4.78 is 6.99. The van der Waals surface area contributed by atoms with Gasteiger partial charge in [-0.25, -0.2) is 4.68 Å². The van der Waals surface area contributed by atoms with E-state index in [0.717, 1.165) is 11.3 Å². The molecule has 1 atom stereocenters. The van der Waals surface area contributed by atoms with Gasteiger partial charge in [-0.3, -0.25) is 9.59 Å². The highest BCUT2D eigenvalue weighted by Crippen LogP contribution is 2.29. The molecule has 148 valence electrons. The molecule has 1 amide bonds. The van der Waals surface area contributed by atoms with E-state index in [1.807, 2.05) is 54.6 Å². The van der Waals surface area contributed by atoms with E-state index in [9.17, 15) is 14.7 Å². The maximum Gasteiger partial charge on any atom is 0.308 e. The number of amides is 1. The monoisotopic (exact) mass is 391 g/mol. The predicted molar refractivity (Wildman–Crippen MR) is 107 cm³/mol. The second kappa shape index (κ2) is 7.79. The van der Waals surface area contributed by atoms with Crippen molar-refractivity contribution in [1.29, 1.82) is 0 Å². The fourth-order valence-electron chi connectivity index (χ4n) is 3.54. The first-order valence-corrected chi connectivity index (χ1v) is 9.38. The van der Waals surface area contributed by atoms with Crippen LogP contribution in [0.15, 0.2) is 60.8 Å². The van der Waals surface area contributed by atoms with Crippen LogP contribution in [0.5, 0.6) is 5.75 Å². The summed E-state index contributed by atoms with van der Waals surface area (Å²) in [4.78, 5) is 26.1. The van der Waals surface area contributed by atoms with Gasteiger partial charge in [-0.15, -0.1) is 0 Å². The van der Waals surface area contributed by atoms with Gasteiger partial charge in [0.2, 0.25) is 0 Å². The van der Waals surface area contributed by atoms with Crippen LogP contribution in [0.2, 0.25) is 0 Å². The summed E-state index contributed by atoms with van der Waals surface area (Å²) in [6.45, 7) is 0.631. The summed E-state index contributed by atoms with van der Waals surface area (Å²) in [6, 6.07) is 16.9. The van der Waals surface area contributed by atoms with Crippen molar-refractivity contribution in [2.45, 2.75) is 6.42 Å². The Morgan fingerprint density at radius 3 is 2.62 bits per heavy atom. The highest BCUT2D eigenvalue weighted by Gasteiger charge is 2.33. The van der Waals surface area contributed by atoms with Gasteiger partial charge in [-0.1, -0.05) is 30.3 Å². The number of carboxylic acids is 1. The molecule has 1 aliphatic heterocycles. The van der Waals surface area contributed by atoms with Crippen molar-refractivity contribution >= 4 is 11.9 Å². The summed E-state index contributed by atoms with van der Waals surface area (Å²) in [5.74, 6) is -0.937. The molecule has 0 aliphatic carbocycles. The first kappa shape index (κ1) is 18.7. The Morgan fingerprint density at radius 1 is 1.14 bits per heavy atom. The molecule has 2 aromatic carbocycles. The van der Waals surface area contributed by atoms with Crippen LogP contribution in [-0.4, -0.2) is 51.9 Å². The lowest BCUT2D eigenvalue weighted by Crippen LogP contribution is -2.30. The molecule has 2 heterocycles. The number of methoxy groups -OCH3 is 1. The second-order valence-corrected chi connectivity index (χ2v) is 6.98. The Labute approximate surface area is 168 Å². The van der Waals surface area contributed by atoms with Gasteiger partial charge in [0.1, 0.15) is 11.4 Å². The van der Waals surface area contributed by atoms with E-state index in [-0.39, 0.29) is 12.5 Å². The van der Waals surface area contributed by atoms with E-state index in [0.29, 0.717) is 30.0 Å². The van der Waals surface area contributed by atoms with E-state index in [2.05, 4.69) is 5.10 Å². The molecule has 7 nitrogen and oxygen atoms in total. The maximum absolute atomic E-state index is 13.3. The van der Waals surface area contributed by atoms with Gasteiger partial charge in [0.15, 0.2) is 0 Å². The van der Waals surface area contributed by atoms with Gasteiger partial charge in [0, 0.05) is 24.8 Å². The topological polar surface area (TPSA) is 84.7 Å². The number of ether oxygens (including phenoxy) is 1. The van der Waals surface area contributed by atoms with E-state index in [1.165, 1.54) is 0 Å². The Hall–Kier alpha value is -3.61. The number of hydrogen-bond donors (Lipinski definition) is 1. The highest BCUT2D eigenvalue weighted by molar-refractivity contribution is 6.00. The summed E-state index contributed by atoms with van der Waals surface area (Å²) in [5, 5.41) is 13.9. The third-order valence-electron chi connectivity index (χ3n) is 5.13. The maximum atomic E-state index is 13.3. The number of aromatic nitrogens is 2. The van der Waals surface area contributed by atoms with Crippen molar-refractivity contribution in [3.8, 4) is 22.7 Å². The Bertz CT molecular complexity index is 1050. The third-order valence-corrected chi connectivity index (χ3v) is 5.13. The number of carbonyl (C=O) groups is 2. The standard InChI is InChI=1S/C22H21N3O4/c1-29-18-9-5-6-15(12-18)20-19(14-25(23-20)17-7-3-2-4-8-17)21(26)24-11-10-16(13-24)22(27)28/h2-9,12,14,16H,10-11,13H2,1H3,(H,27,28). The van der Waals surface area contributed by atoms with Gasteiger partial charge < -0.3 is 14.7 Å². The molecule has 0 spiro atoms. The minimum Gasteiger partial charge on any atom is -0.497 e. The third kappa shape index (κ3) is 3.71. The number of aliphatic carboxylic acids is 1.